The number of aromatic nitrogens is 3. The average Bonchev–Trinajstić information content (AvgIpc) is 3.10. The van der Waals surface area contributed by atoms with Gasteiger partial charge in [-0.1, -0.05) is 30.3 Å². The minimum Gasteiger partial charge on any atom is -0.387 e. The molecule has 1 aromatic carbocycles. The van der Waals surface area contributed by atoms with Crippen LogP contribution in [0.4, 0.5) is 0 Å². The molecule has 1 atom stereocenters. The van der Waals surface area contributed by atoms with Crippen molar-refractivity contribution in [2.45, 2.75) is 25.6 Å². The topological polar surface area (TPSA) is 86.8 Å². The summed E-state index contributed by atoms with van der Waals surface area (Å²) in [5.41, 5.74) is 3.81. The average molecular weight is 347 g/mol. The molecule has 0 aliphatic heterocycles. The molecule has 0 amide bonds. The lowest BCUT2D eigenvalue weighted by atomic mass is 10.1. The Morgan fingerprint density at radius 2 is 1.92 bits per heavy atom. The molecule has 2 heterocycles. The van der Waals surface area contributed by atoms with E-state index in [4.69, 9.17) is 5.26 Å². The summed E-state index contributed by atoms with van der Waals surface area (Å²) >= 11 is 0. The van der Waals surface area contributed by atoms with E-state index in [1.54, 1.807) is 12.4 Å². The van der Waals surface area contributed by atoms with Crippen LogP contribution < -0.4 is 5.32 Å². The van der Waals surface area contributed by atoms with Crippen LogP contribution in [0.15, 0.2) is 61.1 Å². The van der Waals surface area contributed by atoms with E-state index in [0.717, 1.165) is 22.4 Å². The van der Waals surface area contributed by atoms with E-state index in [1.807, 2.05) is 53.3 Å². The highest BCUT2D eigenvalue weighted by atomic mass is 16.3. The van der Waals surface area contributed by atoms with Crippen LogP contribution in [0.1, 0.15) is 23.7 Å². The van der Waals surface area contributed by atoms with Gasteiger partial charge in [-0.05, 0) is 17.7 Å². The normalized spacial score (nSPS) is 11.8. The fourth-order valence-corrected chi connectivity index (χ4v) is 2.76. The van der Waals surface area contributed by atoms with Crippen molar-refractivity contribution in [2.75, 3.05) is 6.54 Å². The Morgan fingerprint density at radius 1 is 1.15 bits per heavy atom. The van der Waals surface area contributed by atoms with E-state index in [9.17, 15) is 5.11 Å². The maximum absolute atomic E-state index is 10.3. The van der Waals surface area contributed by atoms with Crippen LogP contribution >= 0.6 is 0 Å². The van der Waals surface area contributed by atoms with Crippen LogP contribution in [0.2, 0.25) is 0 Å². The Morgan fingerprint density at radius 3 is 2.65 bits per heavy atom. The largest absolute Gasteiger partial charge is 0.387 e. The number of rotatable bonds is 8. The van der Waals surface area contributed by atoms with Crippen LogP contribution in [-0.2, 0) is 13.1 Å². The summed E-state index contributed by atoms with van der Waals surface area (Å²) in [6.07, 6.45) is 5.14. The van der Waals surface area contributed by atoms with Crippen LogP contribution in [0, 0.1) is 11.3 Å². The SMILES string of the molecule is N#CCCn1cc(CNCC(O)c2ccncc2)c(-c2ccccc2)n1. The molecule has 0 saturated heterocycles. The second-order valence-electron chi connectivity index (χ2n) is 5.97. The first kappa shape index (κ1) is 17.8. The van der Waals surface area contributed by atoms with Crippen LogP contribution in [-0.4, -0.2) is 26.4 Å². The van der Waals surface area contributed by atoms with Crippen molar-refractivity contribution in [3.8, 4) is 17.3 Å². The number of hydrogen-bond donors (Lipinski definition) is 2. The lowest BCUT2D eigenvalue weighted by molar-refractivity contribution is 0.174. The summed E-state index contributed by atoms with van der Waals surface area (Å²) in [5, 5.41) is 27.0. The Labute approximate surface area is 152 Å². The highest BCUT2D eigenvalue weighted by molar-refractivity contribution is 5.62. The van der Waals surface area contributed by atoms with Gasteiger partial charge in [0.1, 0.15) is 0 Å². The van der Waals surface area contributed by atoms with E-state index in [1.165, 1.54) is 0 Å². The van der Waals surface area contributed by atoms with Crippen molar-refractivity contribution < 1.29 is 5.11 Å². The monoisotopic (exact) mass is 347 g/mol. The minimum atomic E-state index is -0.591. The summed E-state index contributed by atoms with van der Waals surface area (Å²) in [6.45, 7) is 1.58. The van der Waals surface area contributed by atoms with Gasteiger partial charge in [-0.15, -0.1) is 0 Å². The number of nitrogens with zero attached hydrogens (tertiary/aromatic N) is 4. The molecule has 0 bridgehead atoms. The molecule has 0 saturated carbocycles. The molecule has 0 radical (unpaired) electrons. The maximum atomic E-state index is 10.3. The molecule has 0 fully saturated rings. The summed E-state index contributed by atoms with van der Waals surface area (Å²) in [6, 6.07) is 15.7. The summed E-state index contributed by atoms with van der Waals surface area (Å²) in [4.78, 5) is 3.96. The van der Waals surface area contributed by atoms with Gasteiger partial charge in [-0.3, -0.25) is 9.67 Å². The van der Waals surface area contributed by atoms with Crippen molar-refractivity contribution in [2.24, 2.45) is 0 Å². The number of benzene rings is 1. The van der Waals surface area contributed by atoms with Crippen molar-refractivity contribution in [3.05, 3.63) is 72.2 Å². The number of hydrogen-bond acceptors (Lipinski definition) is 5. The lowest BCUT2D eigenvalue weighted by Gasteiger charge is -2.12. The number of aryl methyl sites for hydroxylation is 1. The van der Waals surface area contributed by atoms with Crippen molar-refractivity contribution >= 4 is 0 Å². The zero-order valence-electron chi connectivity index (χ0n) is 14.4. The first-order valence-corrected chi connectivity index (χ1v) is 8.55. The second-order valence-corrected chi connectivity index (χ2v) is 5.97. The zero-order chi connectivity index (χ0) is 18.2. The lowest BCUT2D eigenvalue weighted by Crippen LogP contribution is -2.21. The standard InChI is InChI=1S/C20H21N5O/c21-9-4-12-25-15-18(20(24-25)17-5-2-1-3-6-17)13-23-14-19(26)16-7-10-22-11-8-16/h1-3,5-8,10-11,15,19,23,26H,4,12-14H2. The first-order valence-electron chi connectivity index (χ1n) is 8.55. The van der Waals surface area contributed by atoms with Crippen molar-refractivity contribution in [1.82, 2.24) is 20.1 Å². The number of aliphatic hydroxyl groups is 1. The van der Waals surface area contributed by atoms with Gasteiger partial charge < -0.3 is 10.4 Å². The molecule has 0 aliphatic rings. The molecule has 2 aromatic heterocycles. The smallest absolute Gasteiger partial charge is 0.0968 e. The third-order valence-corrected chi connectivity index (χ3v) is 4.08. The van der Waals surface area contributed by atoms with Crippen LogP contribution in [0.25, 0.3) is 11.3 Å². The summed E-state index contributed by atoms with van der Waals surface area (Å²) in [5.74, 6) is 0. The van der Waals surface area contributed by atoms with Gasteiger partial charge in [-0.25, -0.2) is 0 Å². The zero-order valence-corrected chi connectivity index (χ0v) is 14.4. The van der Waals surface area contributed by atoms with Gasteiger partial charge in [0.25, 0.3) is 0 Å². The van der Waals surface area contributed by atoms with Gasteiger partial charge in [-0.2, -0.15) is 10.4 Å². The molecule has 6 heteroatoms. The predicted octanol–water partition coefficient (Wildman–Crippen LogP) is 2.68. The number of nitriles is 1. The first-order chi connectivity index (χ1) is 12.8. The van der Waals surface area contributed by atoms with Gasteiger partial charge in [0.2, 0.25) is 0 Å². The highest BCUT2D eigenvalue weighted by Crippen LogP contribution is 2.22. The van der Waals surface area contributed by atoms with E-state index < -0.39 is 6.10 Å². The third kappa shape index (κ3) is 4.54. The highest BCUT2D eigenvalue weighted by Gasteiger charge is 2.12. The van der Waals surface area contributed by atoms with E-state index in [0.29, 0.717) is 26.1 Å². The molecule has 0 aliphatic carbocycles. The summed E-state index contributed by atoms with van der Waals surface area (Å²) in [7, 11) is 0. The number of nitrogens with one attached hydrogen (secondary N) is 1. The van der Waals surface area contributed by atoms with E-state index in [2.05, 4.69) is 21.5 Å². The Hall–Kier alpha value is -3.01. The van der Waals surface area contributed by atoms with Crippen molar-refractivity contribution in [3.63, 3.8) is 0 Å². The molecule has 3 rings (SSSR count). The maximum Gasteiger partial charge on any atom is 0.0968 e. The molecule has 3 aromatic rings. The fraction of sp³-hybridized carbons (Fsp3) is 0.250. The quantitative estimate of drug-likeness (QED) is 0.654. The van der Waals surface area contributed by atoms with Crippen molar-refractivity contribution in [1.29, 1.82) is 5.26 Å². The molecular weight excluding hydrogens is 326 g/mol. The van der Waals surface area contributed by atoms with Gasteiger partial charge in [0.05, 0.1) is 30.8 Å². The summed E-state index contributed by atoms with van der Waals surface area (Å²) < 4.78 is 1.81. The Balaban J connectivity index is 1.70. The molecule has 2 N–H and O–H groups in total. The number of aliphatic hydroxyl groups excluding tert-OH is 1. The molecule has 132 valence electrons. The van der Waals surface area contributed by atoms with Crippen LogP contribution in [0.3, 0.4) is 0 Å². The molecular formula is C20H21N5O. The number of pyridine rings is 1. The molecule has 0 spiro atoms. The molecule has 6 nitrogen and oxygen atoms in total. The Kier molecular flexibility index (Phi) is 6.09. The van der Waals surface area contributed by atoms with Gasteiger partial charge >= 0.3 is 0 Å². The van der Waals surface area contributed by atoms with Crippen LogP contribution in [0.5, 0.6) is 0 Å². The van der Waals surface area contributed by atoms with Gasteiger partial charge in [0, 0.05) is 42.8 Å². The van der Waals surface area contributed by atoms with E-state index in [-0.39, 0.29) is 0 Å². The third-order valence-electron chi connectivity index (χ3n) is 4.08. The van der Waals surface area contributed by atoms with E-state index >= 15 is 0 Å². The molecule has 26 heavy (non-hydrogen) atoms. The predicted molar refractivity (Wildman–Crippen MR) is 98.8 cm³/mol. The fourth-order valence-electron chi connectivity index (χ4n) is 2.76. The second kappa shape index (κ2) is 8.90. The molecule has 1 unspecified atom stereocenters. The Bertz CT molecular complexity index is 855. The van der Waals surface area contributed by atoms with Gasteiger partial charge in [0.15, 0.2) is 0 Å². The minimum absolute atomic E-state index is 0.420.